The van der Waals surface area contributed by atoms with Crippen molar-refractivity contribution >= 4 is 5.91 Å². The second-order valence-corrected chi connectivity index (χ2v) is 5.54. The molecule has 1 unspecified atom stereocenters. The molecule has 1 amide bonds. The molecular formula is C17H22N2O2. The monoisotopic (exact) mass is 286 g/mol. The van der Waals surface area contributed by atoms with Crippen LogP contribution in [0.5, 0.6) is 0 Å². The molecular weight excluding hydrogens is 264 g/mol. The predicted octanol–water partition coefficient (Wildman–Crippen LogP) is 2.12. The molecule has 0 spiro atoms. The summed E-state index contributed by atoms with van der Waals surface area (Å²) in [4.78, 5) is 16.4. The number of aliphatic hydroxyl groups excluding tert-OH is 1. The third-order valence-corrected chi connectivity index (χ3v) is 4.08. The van der Waals surface area contributed by atoms with Gasteiger partial charge in [0.15, 0.2) is 0 Å². The van der Waals surface area contributed by atoms with Crippen molar-refractivity contribution in [2.24, 2.45) is 5.92 Å². The van der Waals surface area contributed by atoms with Gasteiger partial charge >= 0.3 is 0 Å². The lowest BCUT2D eigenvalue weighted by atomic mass is 9.84. The van der Waals surface area contributed by atoms with Crippen molar-refractivity contribution in [2.45, 2.75) is 45.1 Å². The van der Waals surface area contributed by atoms with Crippen molar-refractivity contribution < 1.29 is 9.90 Å². The van der Waals surface area contributed by atoms with E-state index in [0.717, 1.165) is 0 Å². The van der Waals surface area contributed by atoms with Crippen LogP contribution in [-0.4, -0.2) is 28.6 Å². The summed E-state index contributed by atoms with van der Waals surface area (Å²) in [6.45, 7) is 1.85. The van der Waals surface area contributed by atoms with E-state index in [1.807, 2.05) is 0 Å². The number of amides is 1. The van der Waals surface area contributed by atoms with Gasteiger partial charge in [0.1, 0.15) is 6.61 Å². The minimum atomic E-state index is -0.228. The molecule has 1 aromatic rings. The van der Waals surface area contributed by atoms with Crippen LogP contribution < -0.4 is 5.32 Å². The van der Waals surface area contributed by atoms with Crippen molar-refractivity contribution in [1.82, 2.24) is 10.3 Å². The van der Waals surface area contributed by atoms with E-state index in [0.29, 0.717) is 17.0 Å². The Morgan fingerprint density at radius 1 is 1.48 bits per heavy atom. The number of nitrogens with zero attached hydrogens (tertiary/aromatic N) is 1. The fraction of sp³-hybridized carbons (Fsp3) is 0.529. The first-order valence-electron chi connectivity index (χ1n) is 7.57. The van der Waals surface area contributed by atoms with Crippen LogP contribution in [0.2, 0.25) is 0 Å². The lowest BCUT2D eigenvalue weighted by Gasteiger charge is -2.28. The van der Waals surface area contributed by atoms with E-state index >= 15 is 0 Å². The molecule has 2 rings (SSSR count). The normalized spacial score (nSPS) is 16.7. The SMILES string of the molecule is CC(NC(=O)c1ccncc1C#CCO)C1CCCCC1. The van der Waals surface area contributed by atoms with Gasteiger partial charge < -0.3 is 10.4 Å². The Hall–Kier alpha value is -1.86. The lowest BCUT2D eigenvalue weighted by molar-refractivity contribution is 0.0919. The number of nitrogens with one attached hydrogen (secondary N) is 1. The molecule has 0 bridgehead atoms. The van der Waals surface area contributed by atoms with Gasteiger partial charge in [-0.15, -0.1) is 0 Å². The molecule has 1 aliphatic carbocycles. The molecule has 0 aliphatic heterocycles. The van der Waals surface area contributed by atoms with Crippen LogP contribution in [0.4, 0.5) is 0 Å². The average molecular weight is 286 g/mol. The van der Waals surface area contributed by atoms with Crippen molar-refractivity contribution in [3.05, 3.63) is 29.6 Å². The summed E-state index contributed by atoms with van der Waals surface area (Å²) < 4.78 is 0. The van der Waals surface area contributed by atoms with Gasteiger partial charge in [-0.05, 0) is 31.7 Å². The summed E-state index contributed by atoms with van der Waals surface area (Å²) in [6.07, 6.45) is 9.35. The van der Waals surface area contributed by atoms with Crippen LogP contribution in [0.15, 0.2) is 18.5 Å². The first kappa shape index (κ1) is 15.5. The molecule has 0 saturated heterocycles. The molecule has 0 radical (unpaired) electrons. The minimum Gasteiger partial charge on any atom is -0.384 e. The quantitative estimate of drug-likeness (QED) is 0.837. The first-order valence-corrected chi connectivity index (χ1v) is 7.57. The second-order valence-electron chi connectivity index (χ2n) is 5.54. The molecule has 21 heavy (non-hydrogen) atoms. The van der Waals surface area contributed by atoms with Gasteiger partial charge in [-0.1, -0.05) is 31.1 Å². The van der Waals surface area contributed by atoms with E-state index in [9.17, 15) is 4.79 Å². The zero-order valence-corrected chi connectivity index (χ0v) is 12.4. The molecule has 1 atom stereocenters. The second kappa shape index (κ2) is 7.80. The van der Waals surface area contributed by atoms with E-state index in [1.54, 1.807) is 18.5 Å². The zero-order chi connectivity index (χ0) is 15.1. The van der Waals surface area contributed by atoms with E-state index in [4.69, 9.17) is 5.11 Å². The van der Waals surface area contributed by atoms with Crippen LogP contribution >= 0.6 is 0 Å². The minimum absolute atomic E-state index is 0.113. The fourth-order valence-electron chi connectivity index (χ4n) is 2.86. The van der Waals surface area contributed by atoms with Crippen LogP contribution in [0.3, 0.4) is 0 Å². The van der Waals surface area contributed by atoms with Crippen LogP contribution in [-0.2, 0) is 0 Å². The molecule has 4 heteroatoms. The summed E-state index contributed by atoms with van der Waals surface area (Å²) in [7, 11) is 0. The highest BCUT2D eigenvalue weighted by Gasteiger charge is 2.22. The summed E-state index contributed by atoms with van der Waals surface area (Å²) >= 11 is 0. The number of rotatable bonds is 3. The van der Waals surface area contributed by atoms with Crippen molar-refractivity contribution in [3.8, 4) is 11.8 Å². The Labute approximate surface area is 126 Å². The maximum Gasteiger partial charge on any atom is 0.252 e. The number of hydrogen-bond acceptors (Lipinski definition) is 3. The highest BCUT2D eigenvalue weighted by Crippen LogP contribution is 2.26. The standard InChI is InChI=1S/C17H22N2O2/c1-13(14-6-3-2-4-7-14)19-17(21)16-9-10-18-12-15(16)8-5-11-20/h9-10,12-14,20H,2-4,6-7,11H2,1H3,(H,19,21). The maximum absolute atomic E-state index is 12.4. The number of hydrogen-bond donors (Lipinski definition) is 2. The molecule has 4 nitrogen and oxygen atoms in total. The van der Waals surface area contributed by atoms with Crippen LogP contribution in [0, 0.1) is 17.8 Å². The Morgan fingerprint density at radius 3 is 2.95 bits per heavy atom. The highest BCUT2D eigenvalue weighted by molar-refractivity contribution is 5.96. The van der Waals surface area contributed by atoms with Gasteiger partial charge in [0, 0.05) is 18.4 Å². The van der Waals surface area contributed by atoms with Gasteiger partial charge in [0.2, 0.25) is 0 Å². The third kappa shape index (κ3) is 4.30. The Kier molecular flexibility index (Phi) is 5.77. The zero-order valence-electron chi connectivity index (χ0n) is 12.4. The lowest BCUT2D eigenvalue weighted by Crippen LogP contribution is -2.39. The summed E-state index contributed by atoms with van der Waals surface area (Å²) in [5.41, 5.74) is 1.08. The van der Waals surface area contributed by atoms with E-state index in [-0.39, 0.29) is 18.6 Å². The molecule has 0 aromatic carbocycles. The number of carbonyl (C=O) groups is 1. The van der Waals surface area contributed by atoms with Gasteiger partial charge in [-0.25, -0.2) is 0 Å². The first-order chi connectivity index (χ1) is 10.2. The Balaban J connectivity index is 2.05. The summed E-state index contributed by atoms with van der Waals surface area (Å²) in [6, 6.07) is 1.84. The molecule has 112 valence electrons. The molecule has 2 N–H and O–H groups in total. The topological polar surface area (TPSA) is 62.2 Å². The smallest absolute Gasteiger partial charge is 0.252 e. The number of pyridine rings is 1. The average Bonchev–Trinajstić information content (AvgIpc) is 2.54. The van der Waals surface area contributed by atoms with Gasteiger partial charge in [0.25, 0.3) is 5.91 Å². The predicted molar refractivity (Wildman–Crippen MR) is 81.7 cm³/mol. The van der Waals surface area contributed by atoms with Gasteiger partial charge in [-0.2, -0.15) is 0 Å². The number of aromatic nitrogens is 1. The molecule has 1 aliphatic rings. The van der Waals surface area contributed by atoms with Crippen molar-refractivity contribution in [3.63, 3.8) is 0 Å². The summed E-state index contributed by atoms with van der Waals surface area (Å²) in [5, 5.41) is 11.9. The van der Waals surface area contributed by atoms with E-state index < -0.39 is 0 Å². The van der Waals surface area contributed by atoms with Crippen LogP contribution in [0.25, 0.3) is 0 Å². The van der Waals surface area contributed by atoms with Crippen LogP contribution in [0.1, 0.15) is 54.9 Å². The molecule has 1 aromatic heterocycles. The molecule has 1 heterocycles. The highest BCUT2D eigenvalue weighted by atomic mass is 16.2. The van der Waals surface area contributed by atoms with Crippen molar-refractivity contribution in [2.75, 3.05) is 6.61 Å². The van der Waals surface area contributed by atoms with E-state index in [1.165, 1.54) is 32.1 Å². The third-order valence-electron chi connectivity index (χ3n) is 4.08. The van der Waals surface area contributed by atoms with E-state index in [2.05, 4.69) is 29.1 Å². The number of aliphatic hydroxyl groups is 1. The van der Waals surface area contributed by atoms with Crippen molar-refractivity contribution in [1.29, 1.82) is 0 Å². The molecule has 1 fully saturated rings. The van der Waals surface area contributed by atoms with Gasteiger partial charge in [-0.3, -0.25) is 9.78 Å². The fourth-order valence-corrected chi connectivity index (χ4v) is 2.86. The number of carbonyl (C=O) groups excluding carboxylic acids is 1. The largest absolute Gasteiger partial charge is 0.384 e. The molecule has 1 saturated carbocycles. The Morgan fingerprint density at radius 2 is 2.24 bits per heavy atom. The van der Waals surface area contributed by atoms with Gasteiger partial charge in [0.05, 0.1) is 11.1 Å². The Bertz CT molecular complexity index is 539. The summed E-state index contributed by atoms with van der Waals surface area (Å²) in [5.74, 6) is 5.79. The maximum atomic E-state index is 12.4.